The van der Waals surface area contributed by atoms with Crippen molar-refractivity contribution in [1.82, 2.24) is 9.97 Å². The molecule has 0 atom stereocenters. The number of imidazole rings is 1. The summed E-state index contributed by atoms with van der Waals surface area (Å²) in [5.74, 6) is 0.126. The third-order valence-corrected chi connectivity index (χ3v) is 4.91. The molecule has 2 N–H and O–H groups in total. The van der Waals surface area contributed by atoms with Crippen molar-refractivity contribution in [2.24, 2.45) is 0 Å². The molecule has 1 heterocycles. The van der Waals surface area contributed by atoms with Gasteiger partial charge in [0.25, 0.3) is 0 Å². The second kappa shape index (κ2) is 7.19. The van der Waals surface area contributed by atoms with E-state index in [1.165, 1.54) is 0 Å². The molecular weight excluding hydrogens is 368 g/mol. The highest BCUT2D eigenvalue weighted by Gasteiger charge is 2.34. The number of carbonyl (C=O) groups is 1. The number of thiol groups is 2. The molecule has 0 aliphatic rings. The molecule has 0 saturated carbocycles. The number of phenols is 1. The number of carbonyl (C=O) groups excluding carboxylic acids is 1. The zero-order valence-electron chi connectivity index (χ0n) is 16.0. The van der Waals surface area contributed by atoms with Crippen molar-refractivity contribution in [3.05, 3.63) is 34.9 Å². The average Bonchev–Trinajstić information content (AvgIpc) is 2.94. The van der Waals surface area contributed by atoms with E-state index in [4.69, 9.17) is 4.74 Å². The maximum atomic E-state index is 12.8. The fourth-order valence-electron chi connectivity index (χ4n) is 2.91. The van der Waals surface area contributed by atoms with E-state index >= 15 is 0 Å². The van der Waals surface area contributed by atoms with Crippen LogP contribution in [0.3, 0.4) is 0 Å². The van der Waals surface area contributed by atoms with E-state index in [0.29, 0.717) is 26.7 Å². The van der Waals surface area contributed by atoms with E-state index in [1.54, 1.807) is 12.4 Å². The number of hydrogen-bond donors (Lipinski definition) is 4. The number of aromatic amines is 1. The Bertz CT molecular complexity index is 776. The zero-order valence-corrected chi connectivity index (χ0v) is 17.8. The topological polar surface area (TPSA) is 75.2 Å². The van der Waals surface area contributed by atoms with Gasteiger partial charge < -0.3 is 14.8 Å². The van der Waals surface area contributed by atoms with Crippen molar-refractivity contribution >= 4 is 31.2 Å². The van der Waals surface area contributed by atoms with E-state index in [-0.39, 0.29) is 17.9 Å². The highest BCUT2D eigenvalue weighted by Crippen LogP contribution is 2.47. The molecule has 5 nitrogen and oxygen atoms in total. The van der Waals surface area contributed by atoms with E-state index in [9.17, 15) is 9.90 Å². The van der Waals surface area contributed by atoms with Gasteiger partial charge in [-0.2, -0.15) is 0 Å². The number of rotatable bonds is 3. The minimum atomic E-state index is -0.549. The molecule has 0 radical (unpaired) electrons. The van der Waals surface area contributed by atoms with Crippen molar-refractivity contribution < 1.29 is 14.6 Å². The molecule has 2 rings (SSSR count). The lowest BCUT2D eigenvalue weighted by Crippen LogP contribution is -2.22. The fourth-order valence-corrected chi connectivity index (χ4v) is 4.29. The predicted octanol–water partition coefficient (Wildman–Crippen LogP) is 4.64. The van der Waals surface area contributed by atoms with E-state index < -0.39 is 16.8 Å². The van der Waals surface area contributed by atoms with Crippen LogP contribution in [0, 0.1) is 0 Å². The Morgan fingerprint density at radius 1 is 1.12 bits per heavy atom. The average molecular weight is 395 g/mol. The fraction of sp³-hybridized carbons (Fsp3) is 0.474. The van der Waals surface area contributed by atoms with Gasteiger partial charge >= 0.3 is 5.97 Å². The molecule has 2 aromatic rings. The van der Waals surface area contributed by atoms with Crippen LogP contribution in [0.4, 0.5) is 0 Å². The Labute approximate surface area is 165 Å². The van der Waals surface area contributed by atoms with Gasteiger partial charge in [-0.3, -0.25) is 0 Å². The van der Waals surface area contributed by atoms with Gasteiger partial charge in [0.05, 0.1) is 5.56 Å². The Morgan fingerprint density at radius 2 is 1.62 bits per heavy atom. The number of aromatic hydroxyl groups is 1. The Morgan fingerprint density at radius 3 is 2.00 bits per heavy atom. The second-order valence-corrected chi connectivity index (χ2v) is 9.18. The van der Waals surface area contributed by atoms with Gasteiger partial charge in [-0.25, -0.2) is 9.78 Å². The van der Waals surface area contributed by atoms with Crippen LogP contribution in [-0.4, -0.2) is 21.0 Å². The van der Waals surface area contributed by atoms with Crippen molar-refractivity contribution in [1.29, 1.82) is 0 Å². The molecule has 0 spiro atoms. The predicted molar refractivity (Wildman–Crippen MR) is 108 cm³/mol. The molecule has 26 heavy (non-hydrogen) atoms. The van der Waals surface area contributed by atoms with E-state index in [1.807, 2.05) is 41.5 Å². The molecule has 7 heteroatoms. The maximum Gasteiger partial charge on any atom is 0.340 e. The summed E-state index contributed by atoms with van der Waals surface area (Å²) in [7, 11) is 0. The number of benzene rings is 1. The molecule has 0 aliphatic heterocycles. The number of aromatic nitrogens is 2. The number of ether oxygens (including phenoxy) is 1. The standard InChI is InChI=1S/C19H26N2O3S2/c1-18(2,3)12-14(22)13(19(4,5)6)16(26)11(15(12)25)17(23)24-9-10-20-7-8-21-10/h7-8,22,25-26H,9H2,1-6H3,(H,20,21). The molecule has 142 valence electrons. The third-order valence-electron chi connectivity index (χ3n) is 4.02. The lowest BCUT2D eigenvalue weighted by atomic mass is 9.78. The Balaban J connectivity index is 2.62. The first-order valence-corrected chi connectivity index (χ1v) is 9.22. The van der Waals surface area contributed by atoms with Crippen LogP contribution in [0.2, 0.25) is 0 Å². The zero-order chi connectivity index (χ0) is 19.9. The molecule has 1 aromatic carbocycles. The summed E-state index contributed by atoms with van der Waals surface area (Å²) in [5, 5.41) is 10.9. The van der Waals surface area contributed by atoms with Crippen molar-refractivity contribution in [2.45, 2.75) is 68.8 Å². The molecule has 0 aliphatic carbocycles. The lowest BCUT2D eigenvalue weighted by Gasteiger charge is -2.31. The van der Waals surface area contributed by atoms with Crippen molar-refractivity contribution in [2.75, 3.05) is 0 Å². The first kappa shape index (κ1) is 20.7. The van der Waals surface area contributed by atoms with Crippen LogP contribution in [-0.2, 0) is 22.2 Å². The SMILES string of the molecule is CC(C)(C)c1c(O)c(C(C)(C)C)c(S)c(C(=O)OCc2ncc[nH]2)c1S. The monoisotopic (exact) mass is 394 g/mol. The van der Waals surface area contributed by atoms with Gasteiger partial charge in [0.1, 0.15) is 18.2 Å². The summed E-state index contributed by atoms with van der Waals surface area (Å²) in [4.78, 5) is 20.5. The highest BCUT2D eigenvalue weighted by molar-refractivity contribution is 7.81. The minimum absolute atomic E-state index is 0.0167. The Kier molecular flexibility index (Phi) is 5.73. The first-order chi connectivity index (χ1) is 11.9. The van der Waals surface area contributed by atoms with Gasteiger partial charge in [0.15, 0.2) is 0 Å². The number of phenolic OH excluding ortho intramolecular Hbond substituents is 1. The van der Waals surface area contributed by atoms with E-state index in [0.717, 1.165) is 0 Å². The third kappa shape index (κ3) is 4.04. The number of hydrogen-bond acceptors (Lipinski definition) is 6. The largest absolute Gasteiger partial charge is 0.507 e. The van der Waals surface area contributed by atoms with Gasteiger partial charge in [-0.1, -0.05) is 41.5 Å². The molecule has 0 unspecified atom stereocenters. The van der Waals surface area contributed by atoms with Crippen LogP contribution in [0.15, 0.2) is 22.2 Å². The first-order valence-electron chi connectivity index (χ1n) is 8.33. The summed E-state index contributed by atoms with van der Waals surface area (Å²) in [6.45, 7) is 11.8. The molecule has 0 bridgehead atoms. The van der Waals surface area contributed by atoms with Crippen LogP contribution < -0.4 is 0 Å². The Hall–Kier alpha value is -1.60. The summed E-state index contributed by atoms with van der Waals surface area (Å²) >= 11 is 9.12. The summed E-state index contributed by atoms with van der Waals surface area (Å²) in [5.41, 5.74) is 0.634. The van der Waals surface area contributed by atoms with Gasteiger partial charge in [0, 0.05) is 33.3 Å². The van der Waals surface area contributed by atoms with Crippen LogP contribution in [0.5, 0.6) is 5.75 Å². The summed E-state index contributed by atoms with van der Waals surface area (Å²) < 4.78 is 5.40. The molecule has 0 saturated heterocycles. The number of nitrogens with zero attached hydrogens (tertiary/aromatic N) is 1. The van der Waals surface area contributed by atoms with Crippen LogP contribution in [0.1, 0.15) is 68.9 Å². The van der Waals surface area contributed by atoms with Gasteiger partial charge in [0.2, 0.25) is 0 Å². The smallest absolute Gasteiger partial charge is 0.340 e. The quantitative estimate of drug-likeness (QED) is 0.452. The van der Waals surface area contributed by atoms with Crippen molar-refractivity contribution in [3.63, 3.8) is 0 Å². The number of esters is 1. The summed E-state index contributed by atoms with van der Waals surface area (Å²) in [6.07, 6.45) is 3.25. The molecular formula is C19H26N2O3S2. The molecule has 1 aromatic heterocycles. The van der Waals surface area contributed by atoms with Crippen molar-refractivity contribution in [3.8, 4) is 5.75 Å². The summed E-state index contributed by atoms with van der Waals surface area (Å²) in [6, 6.07) is 0. The maximum absolute atomic E-state index is 12.8. The van der Waals surface area contributed by atoms with Gasteiger partial charge in [-0.05, 0) is 10.8 Å². The normalized spacial score (nSPS) is 12.3. The highest BCUT2D eigenvalue weighted by atomic mass is 32.1. The van der Waals surface area contributed by atoms with Gasteiger partial charge in [-0.15, -0.1) is 25.3 Å². The minimum Gasteiger partial charge on any atom is -0.507 e. The van der Waals surface area contributed by atoms with Crippen LogP contribution >= 0.6 is 25.3 Å². The molecule has 0 amide bonds. The number of H-pyrrole nitrogens is 1. The number of nitrogens with one attached hydrogen (secondary N) is 1. The molecule has 0 fully saturated rings. The second-order valence-electron chi connectivity index (χ2n) is 8.28. The van der Waals surface area contributed by atoms with E-state index in [2.05, 4.69) is 35.2 Å². The van der Waals surface area contributed by atoms with Crippen LogP contribution in [0.25, 0.3) is 0 Å². The lowest BCUT2D eigenvalue weighted by molar-refractivity contribution is 0.0454.